The Morgan fingerprint density at radius 2 is 1.80 bits per heavy atom. The van der Waals surface area contributed by atoms with E-state index >= 15 is 0 Å². The molecule has 1 unspecified atom stereocenters. The van der Waals surface area contributed by atoms with Crippen molar-refractivity contribution in [3.05, 3.63) is 77.6 Å². The molecule has 3 aromatic rings. The Labute approximate surface area is 200 Å². The summed E-state index contributed by atoms with van der Waals surface area (Å²) in [7, 11) is -2.27. The molecule has 0 radical (unpaired) electrons. The normalized spacial score (nSPS) is 17.3. The summed E-state index contributed by atoms with van der Waals surface area (Å²) < 4.78 is 63.6. The van der Waals surface area contributed by atoms with Crippen molar-refractivity contribution in [1.29, 1.82) is 0 Å². The predicted molar refractivity (Wildman–Crippen MR) is 122 cm³/mol. The Hall–Kier alpha value is -3.57. The molecule has 0 amide bonds. The number of nitrogens with zero attached hydrogens (tertiary/aromatic N) is 2. The standard InChI is InChI=1S/C24H22F2N2O6S/c1-33-23-10-21(26)20(25)9-19(23)17-2-4-18(5-3-17)34-14-16-8-15(11-27-12-16)13-28-22(24(29)30)6-7-35(28,31)32/h2-5,8-12,22H,6-7,13-14H2,1H3,(H,29,30). The molecular weight excluding hydrogens is 482 g/mol. The second kappa shape index (κ2) is 9.96. The van der Waals surface area contributed by atoms with Crippen LogP contribution in [0.5, 0.6) is 11.5 Å². The number of rotatable bonds is 8. The average molecular weight is 505 g/mol. The fourth-order valence-corrected chi connectivity index (χ4v) is 5.56. The molecule has 4 rings (SSSR count). The zero-order chi connectivity index (χ0) is 25.2. The summed E-state index contributed by atoms with van der Waals surface area (Å²) in [6.07, 6.45) is 3.10. The zero-order valence-corrected chi connectivity index (χ0v) is 19.5. The van der Waals surface area contributed by atoms with Gasteiger partial charge in [0.25, 0.3) is 0 Å². The summed E-state index contributed by atoms with van der Waals surface area (Å²) in [5, 5.41) is 9.32. The highest BCUT2D eigenvalue weighted by Crippen LogP contribution is 2.33. The van der Waals surface area contributed by atoms with E-state index in [9.17, 15) is 27.1 Å². The van der Waals surface area contributed by atoms with Crippen LogP contribution < -0.4 is 9.47 Å². The third-order valence-electron chi connectivity index (χ3n) is 5.64. The molecule has 1 saturated heterocycles. The monoisotopic (exact) mass is 504 g/mol. The van der Waals surface area contributed by atoms with E-state index in [4.69, 9.17) is 9.47 Å². The molecule has 0 spiro atoms. The van der Waals surface area contributed by atoms with E-state index in [1.165, 1.54) is 13.3 Å². The quantitative estimate of drug-likeness (QED) is 0.500. The maximum atomic E-state index is 13.7. The molecule has 0 aliphatic carbocycles. The Balaban J connectivity index is 1.44. The highest BCUT2D eigenvalue weighted by atomic mass is 32.2. The molecule has 184 valence electrons. The van der Waals surface area contributed by atoms with Crippen LogP contribution in [0.3, 0.4) is 0 Å². The van der Waals surface area contributed by atoms with Gasteiger partial charge in [-0.1, -0.05) is 12.1 Å². The second-order valence-corrected chi connectivity index (χ2v) is 10.0. The van der Waals surface area contributed by atoms with E-state index in [2.05, 4.69) is 4.98 Å². The minimum absolute atomic E-state index is 0.0420. The predicted octanol–water partition coefficient (Wildman–Crippen LogP) is 3.60. The van der Waals surface area contributed by atoms with Gasteiger partial charge in [0, 0.05) is 36.1 Å². The second-order valence-electron chi connectivity index (χ2n) is 7.99. The number of hydrogen-bond acceptors (Lipinski definition) is 6. The van der Waals surface area contributed by atoms with Crippen molar-refractivity contribution < 1.29 is 36.6 Å². The zero-order valence-electron chi connectivity index (χ0n) is 18.6. The van der Waals surface area contributed by atoms with E-state index in [1.54, 1.807) is 36.5 Å². The fourth-order valence-electron chi connectivity index (χ4n) is 3.88. The highest BCUT2D eigenvalue weighted by Gasteiger charge is 2.41. The number of carbonyl (C=O) groups is 1. The molecule has 8 nitrogen and oxygen atoms in total. The van der Waals surface area contributed by atoms with Crippen LogP contribution in [0.4, 0.5) is 8.78 Å². The number of carboxylic acids is 1. The SMILES string of the molecule is COc1cc(F)c(F)cc1-c1ccc(OCc2cncc(CN3C(C(=O)O)CCS3(=O)=O)c2)cc1. The van der Waals surface area contributed by atoms with Gasteiger partial charge >= 0.3 is 5.97 Å². The van der Waals surface area contributed by atoms with Gasteiger partial charge in [0.05, 0.1) is 12.9 Å². The summed E-state index contributed by atoms with van der Waals surface area (Å²) in [5.41, 5.74) is 2.21. The lowest BCUT2D eigenvalue weighted by atomic mass is 10.0. The summed E-state index contributed by atoms with van der Waals surface area (Å²) in [6, 6.07) is 9.38. The average Bonchev–Trinajstić information content (AvgIpc) is 3.14. The lowest BCUT2D eigenvalue weighted by molar-refractivity contribution is -0.141. The van der Waals surface area contributed by atoms with Crippen LogP contribution in [-0.4, -0.2) is 47.7 Å². The van der Waals surface area contributed by atoms with E-state index < -0.39 is 33.7 Å². The Kier molecular flexibility index (Phi) is 6.99. The Bertz CT molecular complexity index is 1350. The molecule has 2 heterocycles. The summed E-state index contributed by atoms with van der Waals surface area (Å²) in [6.45, 7) is 0.0364. The summed E-state index contributed by atoms with van der Waals surface area (Å²) >= 11 is 0. The van der Waals surface area contributed by atoms with Gasteiger partial charge in [-0.15, -0.1) is 0 Å². The number of hydrogen-bond donors (Lipinski definition) is 1. The first-order chi connectivity index (χ1) is 16.7. The number of methoxy groups -OCH3 is 1. The minimum Gasteiger partial charge on any atom is -0.496 e. The van der Waals surface area contributed by atoms with E-state index in [1.807, 2.05) is 0 Å². The fraction of sp³-hybridized carbons (Fsp3) is 0.250. The number of ether oxygens (including phenoxy) is 2. The van der Waals surface area contributed by atoms with Crippen molar-refractivity contribution in [2.75, 3.05) is 12.9 Å². The summed E-state index contributed by atoms with van der Waals surface area (Å²) in [5.74, 6) is -2.65. The number of benzene rings is 2. The Morgan fingerprint density at radius 3 is 2.49 bits per heavy atom. The van der Waals surface area contributed by atoms with Crippen molar-refractivity contribution in [2.45, 2.75) is 25.6 Å². The van der Waals surface area contributed by atoms with Gasteiger partial charge in [0.15, 0.2) is 11.6 Å². The number of sulfonamides is 1. The highest BCUT2D eigenvalue weighted by molar-refractivity contribution is 7.89. The minimum atomic E-state index is -3.64. The van der Waals surface area contributed by atoms with Gasteiger partial charge in [-0.05, 0) is 41.8 Å². The molecular formula is C24H22F2N2O6S. The smallest absolute Gasteiger partial charge is 0.322 e. The van der Waals surface area contributed by atoms with Gasteiger partial charge in [-0.25, -0.2) is 17.2 Å². The van der Waals surface area contributed by atoms with Gasteiger partial charge in [-0.2, -0.15) is 4.31 Å². The van der Waals surface area contributed by atoms with Crippen molar-refractivity contribution in [3.8, 4) is 22.6 Å². The van der Waals surface area contributed by atoms with Crippen LogP contribution in [0.2, 0.25) is 0 Å². The molecule has 1 aromatic heterocycles. The van der Waals surface area contributed by atoms with Crippen LogP contribution in [0, 0.1) is 11.6 Å². The molecule has 1 fully saturated rings. The van der Waals surface area contributed by atoms with Gasteiger partial charge in [0.2, 0.25) is 10.0 Å². The number of aliphatic carboxylic acids is 1. The molecule has 11 heteroatoms. The molecule has 1 aliphatic heterocycles. The van der Waals surface area contributed by atoms with Crippen LogP contribution >= 0.6 is 0 Å². The third-order valence-corrected chi connectivity index (χ3v) is 7.49. The lowest BCUT2D eigenvalue weighted by Gasteiger charge is -2.19. The maximum absolute atomic E-state index is 13.7. The number of halogens is 2. The number of pyridine rings is 1. The van der Waals surface area contributed by atoms with Crippen molar-refractivity contribution in [3.63, 3.8) is 0 Å². The van der Waals surface area contributed by atoms with Crippen LogP contribution in [0.1, 0.15) is 17.5 Å². The van der Waals surface area contributed by atoms with E-state index in [0.29, 0.717) is 28.0 Å². The van der Waals surface area contributed by atoms with Gasteiger partial charge in [0.1, 0.15) is 24.1 Å². The molecule has 35 heavy (non-hydrogen) atoms. The van der Waals surface area contributed by atoms with Crippen molar-refractivity contribution in [2.24, 2.45) is 0 Å². The first-order valence-corrected chi connectivity index (χ1v) is 12.2. The van der Waals surface area contributed by atoms with Gasteiger partial charge < -0.3 is 14.6 Å². The largest absolute Gasteiger partial charge is 0.496 e. The number of aromatic nitrogens is 1. The first kappa shape index (κ1) is 24.6. The third kappa shape index (κ3) is 5.41. The van der Waals surface area contributed by atoms with Gasteiger partial charge in [-0.3, -0.25) is 9.78 Å². The van der Waals surface area contributed by atoms with Crippen molar-refractivity contribution in [1.82, 2.24) is 9.29 Å². The maximum Gasteiger partial charge on any atom is 0.322 e. The van der Waals surface area contributed by atoms with E-state index in [0.717, 1.165) is 16.4 Å². The molecule has 0 saturated carbocycles. The molecule has 1 aliphatic rings. The molecule has 1 atom stereocenters. The molecule has 0 bridgehead atoms. The van der Waals surface area contributed by atoms with E-state index in [-0.39, 0.29) is 31.1 Å². The summed E-state index contributed by atoms with van der Waals surface area (Å²) in [4.78, 5) is 15.5. The molecule has 1 N–H and O–H groups in total. The molecule has 2 aromatic carbocycles. The van der Waals surface area contributed by atoms with Crippen LogP contribution in [-0.2, 0) is 28.0 Å². The topological polar surface area (TPSA) is 106 Å². The first-order valence-electron chi connectivity index (χ1n) is 10.6. The van der Waals surface area contributed by atoms with Crippen molar-refractivity contribution >= 4 is 16.0 Å². The Morgan fingerprint density at radius 1 is 1.11 bits per heavy atom. The lowest BCUT2D eigenvalue weighted by Crippen LogP contribution is -2.37. The number of carboxylic acid groups (broad SMARTS) is 1. The van der Waals surface area contributed by atoms with Crippen LogP contribution in [0.15, 0.2) is 54.9 Å². The van der Waals surface area contributed by atoms with Crippen LogP contribution in [0.25, 0.3) is 11.1 Å².